The van der Waals surface area contributed by atoms with Crippen LogP contribution in [0.5, 0.6) is 5.75 Å². The molecule has 1 aliphatic rings. The van der Waals surface area contributed by atoms with Gasteiger partial charge in [0.1, 0.15) is 5.75 Å². The summed E-state index contributed by atoms with van der Waals surface area (Å²) < 4.78 is 5.74. The van der Waals surface area contributed by atoms with Crippen LogP contribution in [0.1, 0.15) is 39.0 Å². The fourth-order valence-corrected chi connectivity index (χ4v) is 2.80. The normalized spacial score (nSPS) is 16.0. The van der Waals surface area contributed by atoms with Crippen LogP contribution in [-0.2, 0) is 4.79 Å². The van der Waals surface area contributed by atoms with E-state index in [1.54, 1.807) is 6.92 Å². The molecule has 1 saturated carbocycles. The lowest BCUT2D eigenvalue weighted by molar-refractivity contribution is -0.127. The number of fused-ring (bicyclic) bond motifs is 1. The minimum absolute atomic E-state index is 0.212. The van der Waals surface area contributed by atoms with Gasteiger partial charge in [-0.2, -0.15) is 5.10 Å². The van der Waals surface area contributed by atoms with Crippen molar-refractivity contribution in [3.05, 3.63) is 42.5 Å². The standard InChI is InChI=1S/C19H22N2O2/c1-14(19(22)21-20-17-9-3-2-4-10-17)23-18-12-11-15-7-5-6-8-16(15)13-18/h5-8,11-14H,2-4,9-10H2,1H3,(H,21,22). The minimum Gasteiger partial charge on any atom is -0.481 e. The van der Waals surface area contributed by atoms with E-state index in [1.165, 1.54) is 6.42 Å². The zero-order chi connectivity index (χ0) is 16.1. The van der Waals surface area contributed by atoms with Gasteiger partial charge in [0, 0.05) is 5.71 Å². The first-order valence-corrected chi connectivity index (χ1v) is 8.23. The lowest BCUT2D eigenvalue weighted by Gasteiger charge is -2.15. The second kappa shape index (κ2) is 7.27. The first kappa shape index (κ1) is 15.5. The maximum atomic E-state index is 12.1. The highest BCUT2D eigenvalue weighted by Crippen LogP contribution is 2.21. The molecule has 1 atom stereocenters. The maximum Gasteiger partial charge on any atom is 0.280 e. The molecule has 4 heteroatoms. The third-order valence-corrected chi connectivity index (χ3v) is 4.16. The second-order valence-corrected chi connectivity index (χ2v) is 5.98. The fraction of sp³-hybridized carbons (Fsp3) is 0.368. The van der Waals surface area contributed by atoms with Crippen LogP contribution in [0, 0.1) is 0 Å². The number of amides is 1. The van der Waals surface area contributed by atoms with Gasteiger partial charge in [-0.05, 0) is 55.5 Å². The number of nitrogens with zero attached hydrogens (tertiary/aromatic N) is 1. The predicted octanol–water partition coefficient (Wildman–Crippen LogP) is 4.04. The Hall–Kier alpha value is -2.36. The van der Waals surface area contributed by atoms with Gasteiger partial charge in [-0.25, -0.2) is 5.43 Å². The van der Waals surface area contributed by atoms with E-state index in [1.807, 2.05) is 36.4 Å². The summed E-state index contributed by atoms with van der Waals surface area (Å²) in [6, 6.07) is 13.9. The van der Waals surface area contributed by atoms with Gasteiger partial charge < -0.3 is 4.74 Å². The van der Waals surface area contributed by atoms with E-state index in [9.17, 15) is 4.79 Å². The monoisotopic (exact) mass is 310 g/mol. The fourth-order valence-electron chi connectivity index (χ4n) is 2.80. The van der Waals surface area contributed by atoms with Crippen molar-refractivity contribution in [1.82, 2.24) is 5.43 Å². The highest BCUT2D eigenvalue weighted by Gasteiger charge is 2.15. The Morgan fingerprint density at radius 3 is 2.61 bits per heavy atom. The van der Waals surface area contributed by atoms with E-state index in [4.69, 9.17) is 4.74 Å². The summed E-state index contributed by atoms with van der Waals surface area (Å²) in [6.45, 7) is 1.74. The number of nitrogens with one attached hydrogen (secondary N) is 1. The van der Waals surface area contributed by atoms with Crippen LogP contribution in [-0.4, -0.2) is 17.7 Å². The number of rotatable bonds is 4. The summed E-state index contributed by atoms with van der Waals surface area (Å²) in [5.41, 5.74) is 3.72. The van der Waals surface area contributed by atoms with Crippen molar-refractivity contribution in [1.29, 1.82) is 0 Å². The molecule has 1 amide bonds. The summed E-state index contributed by atoms with van der Waals surface area (Å²) >= 11 is 0. The van der Waals surface area contributed by atoms with E-state index >= 15 is 0 Å². The van der Waals surface area contributed by atoms with Gasteiger partial charge >= 0.3 is 0 Å². The zero-order valence-electron chi connectivity index (χ0n) is 13.4. The second-order valence-electron chi connectivity index (χ2n) is 5.98. The van der Waals surface area contributed by atoms with Crippen LogP contribution in [0.15, 0.2) is 47.6 Å². The van der Waals surface area contributed by atoms with Crippen molar-refractivity contribution in [3.63, 3.8) is 0 Å². The zero-order valence-corrected chi connectivity index (χ0v) is 13.4. The summed E-state index contributed by atoms with van der Waals surface area (Å²) in [5.74, 6) is 0.480. The molecule has 0 aliphatic heterocycles. The van der Waals surface area contributed by atoms with E-state index in [0.29, 0.717) is 5.75 Å². The van der Waals surface area contributed by atoms with Gasteiger partial charge in [0.05, 0.1) is 0 Å². The Morgan fingerprint density at radius 1 is 1.09 bits per heavy atom. The first-order chi connectivity index (χ1) is 11.2. The molecule has 23 heavy (non-hydrogen) atoms. The van der Waals surface area contributed by atoms with Crippen molar-refractivity contribution in [2.24, 2.45) is 5.10 Å². The minimum atomic E-state index is -0.580. The molecule has 2 aromatic carbocycles. The number of hydrogen-bond donors (Lipinski definition) is 1. The van der Waals surface area contributed by atoms with Crippen LogP contribution in [0.3, 0.4) is 0 Å². The molecule has 1 N–H and O–H groups in total. The number of hydrazone groups is 1. The molecule has 2 aromatic rings. The first-order valence-electron chi connectivity index (χ1n) is 8.23. The van der Waals surface area contributed by atoms with Gasteiger partial charge in [0.2, 0.25) is 0 Å². The van der Waals surface area contributed by atoms with E-state index in [-0.39, 0.29) is 5.91 Å². The molecule has 0 aromatic heterocycles. The Kier molecular flexibility index (Phi) is 4.91. The summed E-state index contributed by atoms with van der Waals surface area (Å²) in [6.07, 6.45) is 4.98. The molecule has 3 rings (SSSR count). The SMILES string of the molecule is CC(Oc1ccc2ccccc2c1)C(=O)NN=C1CCCCC1. The summed E-state index contributed by atoms with van der Waals surface area (Å²) in [5, 5.41) is 6.48. The Bertz CT molecular complexity index is 716. The Morgan fingerprint density at radius 2 is 1.83 bits per heavy atom. The molecule has 120 valence electrons. The van der Waals surface area contributed by atoms with Crippen molar-refractivity contribution in [2.75, 3.05) is 0 Å². The average molecular weight is 310 g/mol. The van der Waals surface area contributed by atoms with Gasteiger partial charge in [0.15, 0.2) is 6.10 Å². The lowest BCUT2D eigenvalue weighted by Crippen LogP contribution is -2.34. The molecule has 1 fully saturated rings. The average Bonchev–Trinajstić information content (AvgIpc) is 2.60. The molecule has 0 spiro atoms. The lowest BCUT2D eigenvalue weighted by atomic mass is 9.99. The Balaban J connectivity index is 1.60. The molecule has 0 radical (unpaired) electrons. The third-order valence-electron chi connectivity index (χ3n) is 4.16. The van der Waals surface area contributed by atoms with Crippen LogP contribution in [0.4, 0.5) is 0 Å². The van der Waals surface area contributed by atoms with Gasteiger partial charge in [-0.1, -0.05) is 36.8 Å². The predicted molar refractivity (Wildman–Crippen MR) is 92.7 cm³/mol. The van der Waals surface area contributed by atoms with E-state index < -0.39 is 6.10 Å². The van der Waals surface area contributed by atoms with Gasteiger partial charge in [-0.3, -0.25) is 4.79 Å². The number of carbonyl (C=O) groups excluding carboxylic acids is 1. The molecule has 0 saturated heterocycles. The topological polar surface area (TPSA) is 50.7 Å². The highest BCUT2D eigenvalue weighted by molar-refractivity contribution is 5.88. The molecule has 0 heterocycles. The number of ether oxygens (including phenoxy) is 1. The smallest absolute Gasteiger partial charge is 0.280 e. The third kappa shape index (κ3) is 4.09. The van der Waals surface area contributed by atoms with Gasteiger partial charge in [-0.15, -0.1) is 0 Å². The van der Waals surface area contributed by atoms with Crippen molar-refractivity contribution < 1.29 is 9.53 Å². The maximum absolute atomic E-state index is 12.1. The van der Waals surface area contributed by atoms with Crippen LogP contribution in [0.2, 0.25) is 0 Å². The number of hydrogen-bond acceptors (Lipinski definition) is 3. The molecular weight excluding hydrogens is 288 g/mol. The number of benzene rings is 2. The van der Waals surface area contributed by atoms with Gasteiger partial charge in [0.25, 0.3) is 5.91 Å². The highest BCUT2D eigenvalue weighted by atomic mass is 16.5. The quantitative estimate of drug-likeness (QED) is 0.866. The summed E-state index contributed by atoms with van der Waals surface area (Å²) in [4.78, 5) is 12.1. The molecule has 4 nitrogen and oxygen atoms in total. The molecule has 1 aliphatic carbocycles. The van der Waals surface area contributed by atoms with Crippen LogP contribution >= 0.6 is 0 Å². The Labute approximate surface area is 136 Å². The number of carbonyl (C=O) groups is 1. The van der Waals surface area contributed by atoms with Crippen LogP contribution in [0.25, 0.3) is 10.8 Å². The molecular formula is C19H22N2O2. The van der Waals surface area contributed by atoms with Crippen molar-refractivity contribution in [3.8, 4) is 5.75 Å². The molecule has 1 unspecified atom stereocenters. The van der Waals surface area contributed by atoms with E-state index in [0.717, 1.165) is 42.2 Å². The van der Waals surface area contributed by atoms with E-state index in [2.05, 4.69) is 16.6 Å². The van der Waals surface area contributed by atoms with Crippen LogP contribution < -0.4 is 10.2 Å². The van der Waals surface area contributed by atoms with Crippen molar-refractivity contribution in [2.45, 2.75) is 45.1 Å². The van der Waals surface area contributed by atoms with Crippen molar-refractivity contribution >= 4 is 22.4 Å². The summed E-state index contributed by atoms with van der Waals surface area (Å²) in [7, 11) is 0. The largest absolute Gasteiger partial charge is 0.481 e. The molecule has 0 bridgehead atoms.